The number of nitrogens with one attached hydrogen (secondary N) is 1. The minimum absolute atomic E-state index is 0.00366. The Morgan fingerprint density at radius 1 is 1.47 bits per heavy atom. The van der Waals surface area contributed by atoms with Crippen LogP contribution in [0.1, 0.15) is 32.8 Å². The van der Waals surface area contributed by atoms with Gasteiger partial charge in [0, 0.05) is 15.6 Å². The average molecular weight is 299 g/mol. The van der Waals surface area contributed by atoms with Gasteiger partial charge in [-0.25, -0.2) is 0 Å². The number of nitrogen functional groups attached to an aromatic ring is 1. The van der Waals surface area contributed by atoms with Gasteiger partial charge in [0.1, 0.15) is 0 Å². The minimum atomic E-state index is -0.376. The van der Waals surface area contributed by atoms with Crippen LogP contribution in [0, 0.1) is 12.3 Å². The topological polar surface area (TPSA) is 55.1 Å². The lowest BCUT2D eigenvalue weighted by molar-refractivity contribution is -0.124. The Labute approximate surface area is 111 Å². The first-order valence-electron chi connectivity index (χ1n) is 5.65. The lowest BCUT2D eigenvalue weighted by Gasteiger charge is -2.22. The van der Waals surface area contributed by atoms with E-state index in [9.17, 15) is 4.79 Å². The fourth-order valence-corrected chi connectivity index (χ4v) is 1.79. The van der Waals surface area contributed by atoms with Gasteiger partial charge in [-0.1, -0.05) is 20.8 Å². The second kappa shape index (κ2) is 5.08. The monoisotopic (exact) mass is 298 g/mol. The standard InChI is InChI=1S/C13H19BrN2O/c1-5-13(3,4)12(17)16-11-7-10(15)8(2)6-9(11)14/h6-7H,5,15H2,1-4H3,(H,16,17). The maximum atomic E-state index is 12.0. The molecule has 0 radical (unpaired) electrons. The van der Waals surface area contributed by atoms with Crippen molar-refractivity contribution in [3.8, 4) is 0 Å². The number of hydrogen-bond acceptors (Lipinski definition) is 2. The first-order valence-corrected chi connectivity index (χ1v) is 6.44. The zero-order chi connectivity index (χ0) is 13.2. The molecule has 3 nitrogen and oxygen atoms in total. The van der Waals surface area contributed by atoms with Crippen molar-refractivity contribution in [3.05, 3.63) is 22.2 Å². The predicted molar refractivity (Wildman–Crippen MR) is 76.0 cm³/mol. The van der Waals surface area contributed by atoms with Crippen LogP contribution in [0.3, 0.4) is 0 Å². The molecule has 1 amide bonds. The van der Waals surface area contributed by atoms with Crippen LogP contribution in [-0.4, -0.2) is 5.91 Å². The smallest absolute Gasteiger partial charge is 0.230 e. The fourth-order valence-electron chi connectivity index (χ4n) is 1.24. The number of halogens is 1. The molecule has 17 heavy (non-hydrogen) atoms. The van der Waals surface area contributed by atoms with Gasteiger partial charge in [0.15, 0.2) is 0 Å². The van der Waals surface area contributed by atoms with E-state index < -0.39 is 0 Å². The molecule has 0 saturated carbocycles. The van der Waals surface area contributed by atoms with Crippen molar-refractivity contribution >= 4 is 33.2 Å². The molecule has 0 aliphatic heterocycles. The van der Waals surface area contributed by atoms with Gasteiger partial charge < -0.3 is 11.1 Å². The van der Waals surface area contributed by atoms with E-state index in [4.69, 9.17) is 5.73 Å². The molecule has 0 bridgehead atoms. The number of benzene rings is 1. The van der Waals surface area contributed by atoms with Gasteiger partial charge in [0.2, 0.25) is 5.91 Å². The molecule has 1 aromatic rings. The molecule has 94 valence electrons. The van der Waals surface area contributed by atoms with Gasteiger partial charge in [-0.05, 0) is 47.0 Å². The molecule has 0 heterocycles. The number of hydrogen-bond donors (Lipinski definition) is 2. The summed E-state index contributed by atoms with van der Waals surface area (Å²) in [5.41, 5.74) is 7.85. The number of aryl methyl sites for hydroxylation is 1. The Morgan fingerprint density at radius 3 is 2.59 bits per heavy atom. The highest BCUT2D eigenvalue weighted by molar-refractivity contribution is 9.10. The Morgan fingerprint density at radius 2 is 2.06 bits per heavy atom. The van der Waals surface area contributed by atoms with Crippen molar-refractivity contribution in [2.24, 2.45) is 5.41 Å². The SMILES string of the molecule is CCC(C)(C)C(=O)Nc1cc(N)c(C)cc1Br. The second-order valence-corrected chi connectivity index (χ2v) is 5.73. The predicted octanol–water partition coefficient (Wildman–Crippen LogP) is 3.71. The summed E-state index contributed by atoms with van der Waals surface area (Å²) >= 11 is 3.43. The van der Waals surface area contributed by atoms with Crippen LogP contribution in [0.2, 0.25) is 0 Å². The lowest BCUT2D eigenvalue weighted by Crippen LogP contribution is -2.30. The maximum Gasteiger partial charge on any atom is 0.230 e. The molecule has 0 fully saturated rings. The average Bonchev–Trinajstić information content (AvgIpc) is 2.25. The molecular formula is C13H19BrN2O. The van der Waals surface area contributed by atoms with Crippen LogP contribution < -0.4 is 11.1 Å². The Kier molecular flexibility index (Phi) is 4.20. The molecule has 0 spiro atoms. The normalized spacial score (nSPS) is 11.4. The molecule has 0 atom stereocenters. The van der Waals surface area contributed by atoms with Crippen LogP contribution >= 0.6 is 15.9 Å². The quantitative estimate of drug-likeness (QED) is 0.836. The van der Waals surface area contributed by atoms with Gasteiger partial charge in [-0.15, -0.1) is 0 Å². The van der Waals surface area contributed by atoms with Crippen LogP contribution in [0.15, 0.2) is 16.6 Å². The molecule has 3 N–H and O–H groups in total. The molecule has 0 aromatic heterocycles. The molecule has 4 heteroatoms. The Balaban J connectivity index is 2.97. The highest BCUT2D eigenvalue weighted by Gasteiger charge is 2.25. The highest BCUT2D eigenvalue weighted by atomic mass is 79.9. The summed E-state index contributed by atoms with van der Waals surface area (Å²) in [5.74, 6) is 0.00366. The summed E-state index contributed by atoms with van der Waals surface area (Å²) in [6, 6.07) is 3.69. The van der Waals surface area contributed by atoms with E-state index in [2.05, 4.69) is 21.2 Å². The van der Waals surface area contributed by atoms with E-state index in [1.807, 2.05) is 33.8 Å². The Hall–Kier alpha value is -1.03. The van der Waals surface area contributed by atoms with Crippen molar-refractivity contribution in [1.29, 1.82) is 0 Å². The summed E-state index contributed by atoms with van der Waals surface area (Å²) in [6.45, 7) is 7.78. The molecule has 0 saturated heterocycles. The first kappa shape index (κ1) is 14.0. The Bertz CT molecular complexity index is 441. The largest absolute Gasteiger partial charge is 0.398 e. The number of amides is 1. The van der Waals surface area contributed by atoms with Crippen molar-refractivity contribution < 1.29 is 4.79 Å². The maximum absolute atomic E-state index is 12.0. The number of nitrogens with two attached hydrogens (primary N) is 1. The first-order chi connectivity index (χ1) is 7.77. The van der Waals surface area contributed by atoms with Crippen LogP contribution in [0.5, 0.6) is 0 Å². The molecule has 0 aliphatic rings. The number of rotatable bonds is 3. The van der Waals surface area contributed by atoms with Crippen LogP contribution in [-0.2, 0) is 4.79 Å². The fraction of sp³-hybridized carbons (Fsp3) is 0.462. The highest BCUT2D eigenvalue weighted by Crippen LogP contribution is 2.30. The number of carbonyl (C=O) groups is 1. The summed E-state index contributed by atoms with van der Waals surface area (Å²) in [4.78, 5) is 12.0. The molecule has 1 rings (SSSR count). The zero-order valence-electron chi connectivity index (χ0n) is 10.7. The van der Waals surface area contributed by atoms with Crippen molar-refractivity contribution in [2.45, 2.75) is 34.1 Å². The summed E-state index contributed by atoms with van der Waals surface area (Å²) in [7, 11) is 0. The van der Waals surface area contributed by atoms with E-state index >= 15 is 0 Å². The third-order valence-electron chi connectivity index (χ3n) is 3.10. The van der Waals surface area contributed by atoms with E-state index in [0.717, 1.165) is 22.1 Å². The number of anilines is 2. The zero-order valence-corrected chi connectivity index (χ0v) is 12.3. The molecule has 1 aromatic carbocycles. The molecule has 0 unspecified atom stereocenters. The summed E-state index contributed by atoms with van der Waals surface area (Å²) < 4.78 is 0.851. The lowest BCUT2D eigenvalue weighted by atomic mass is 9.89. The third kappa shape index (κ3) is 3.22. The second-order valence-electron chi connectivity index (χ2n) is 4.88. The van der Waals surface area contributed by atoms with E-state index in [1.165, 1.54) is 0 Å². The van der Waals surface area contributed by atoms with Crippen LogP contribution in [0.4, 0.5) is 11.4 Å². The summed E-state index contributed by atoms with van der Waals surface area (Å²) in [6.07, 6.45) is 0.789. The van der Waals surface area contributed by atoms with E-state index in [1.54, 1.807) is 6.07 Å². The molecule has 0 aliphatic carbocycles. The van der Waals surface area contributed by atoms with Crippen molar-refractivity contribution in [1.82, 2.24) is 0 Å². The van der Waals surface area contributed by atoms with Gasteiger partial charge in [0.05, 0.1) is 5.69 Å². The minimum Gasteiger partial charge on any atom is -0.398 e. The van der Waals surface area contributed by atoms with Gasteiger partial charge >= 0.3 is 0 Å². The van der Waals surface area contributed by atoms with Gasteiger partial charge in [-0.3, -0.25) is 4.79 Å². The van der Waals surface area contributed by atoms with Gasteiger partial charge in [0.25, 0.3) is 0 Å². The summed E-state index contributed by atoms with van der Waals surface area (Å²) in [5, 5.41) is 2.90. The van der Waals surface area contributed by atoms with E-state index in [-0.39, 0.29) is 11.3 Å². The van der Waals surface area contributed by atoms with Crippen molar-refractivity contribution in [3.63, 3.8) is 0 Å². The number of carbonyl (C=O) groups excluding carboxylic acids is 1. The molecular weight excluding hydrogens is 280 g/mol. The van der Waals surface area contributed by atoms with Gasteiger partial charge in [-0.2, -0.15) is 0 Å². The van der Waals surface area contributed by atoms with E-state index in [0.29, 0.717) is 5.69 Å². The third-order valence-corrected chi connectivity index (χ3v) is 3.76. The van der Waals surface area contributed by atoms with Crippen LogP contribution in [0.25, 0.3) is 0 Å². The van der Waals surface area contributed by atoms with Crippen molar-refractivity contribution in [2.75, 3.05) is 11.1 Å².